The van der Waals surface area contributed by atoms with E-state index in [2.05, 4.69) is 81.4 Å². The third-order valence-corrected chi connectivity index (χ3v) is 5.96. The van der Waals surface area contributed by atoms with E-state index in [0.29, 0.717) is 11.3 Å². The summed E-state index contributed by atoms with van der Waals surface area (Å²) in [6, 6.07) is 22.6. The molecule has 0 spiro atoms. The molecule has 0 fully saturated rings. The second-order valence-corrected chi connectivity index (χ2v) is 7.93. The number of unbranched alkanes of at least 4 members (excludes halogenated alkanes) is 3. The van der Waals surface area contributed by atoms with Crippen molar-refractivity contribution in [2.24, 2.45) is 5.41 Å². The smallest absolute Gasteiger partial charge is 0.0146 e. The molecule has 0 aromatic heterocycles. The van der Waals surface area contributed by atoms with E-state index in [1.807, 2.05) is 0 Å². The summed E-state index contributed by atoms with van der Waals surface area (Å²) in [5.41, 5.74) is 3.38. The Morgan fingerprint density at radius 1 is 0.577 bits per heavy atom. The molecule has 0 amide bonds. The lowest BCUT2D eigenvalue weighted by molar-refractivity contribution is 0.170. The molecule has 0 N–H and O–H groups in total. The van der Waals surface area contributed by atoms with Crippen LogP contribution in [0, 0.1) is 5.41 Å². The Kier molecular flexibility index (Phi) is 8.95. The Morgan fingerprint density at radius 3 is 1.23 bits per heavy atom. The van der Waals surface area contributed by atoms with Gasteiger partial charge in [-0.05, 0) is 35.8 Å². The second-order valence-electron chi connectivity index (χ2n) is 7.93. The highest BCUT2D eigenvalue weighted by Crippen LogP contribution is 2.51. The number of benzene rings is 2. The molecule has 0 radical (unpaired) electrons. The molecule has 0 atom stereocenters. The van der Waals surface area contributed by atoms with Gasteiger partial charge in [0.15, 0.2) is 0 Å². The molecule has 0 saturated heterocycles. The Labute approximate surface area is 162 Å². The van der Waals surface area contributed by atoms with Gasteiger partial charge in [-0.25, -0.2) is 0 Å². The maximum Gasteiger partial charge on any atom is 0.0146 e. The molecule has 2 rings (SSSR count). The third kappa shape index (κ3) is 5.47. The maximum absolute atomic E-state index is 2.36. The average Bonchev–Trinajstić information content (AvgIpc) is 2.70. The van der Waals surface area contributed by atoms with Crippen molar-refractivity contribution in [2.45, 2.75) is 84.5 Å². The zero-order chi connectivity index (χ0) is 18.7. The van der Waals surface area contributed by atoms with E-state index < -0.39 is 0 Å². The van der Waals surface area contributed by atoms with Crippen molar-refractivity contribution < 1.29 is 0 Å². The monoisotopic (exact) mass is 350 g/mol. The largest absolute Gasteiger partial charge is 0.0654 e. The quantitative estimate of drug-likeness (QED) is 0.360. The number of rotatable bonds is 12. The summed E-state index contributed by atoms with van der Waals surface area (Å²) in [4.78, 5) is 0. The van der Waals surface area contributed by atoms with Crippen LogP contribution < -0.4 is 0 Å². The van der Waals surface area contributed by atoms with Crippen molar-refractivity contribution in [3.63, 3.8) is 0 Å². The lowest BCUT2D eigenvalue weighted by atomic mass is 9.61. The van der Waals surface area contributed by atoms with Gasteiger partial charge in [0, 0.05) is 5.92 Å². The van der Waals surface area contributed by atoms with E-state index in [-0.39, 0.29) is 0 Å². The van der Waals surface area contributed by atoms with Crippen molar-refractivity contribution in [1.29, 1.82) is 0 Å². The van der Waals surface area contributed by atoms with E-state index in [1.54, 1.807) is 0 Å². The van der Waals surface area contributed by atoms with Crippen molar-refractivity contribution in [3.8, 4) is 0 Å². The fourth-order valence-corrected chi connectivity index (χ4v) is 4.59. The van der Waals surface area contributed by atoms with Crippen LogP contribution in [0.4, 0.5) is 0 Å². The van der Waals surface area contributed by atoms with Crippen LogP contribution in [0.25, 0.3) is 0 Å². The SMILES string of the molecule is CCCCC(CCCC)(CCCC)C(c1ccccc1)c1ccccc1. The van der Waals surface area contributed by atoms with Gasteiger partial charge in [0.25, 0.3) is 0 Å². The first kappa shape index (κ1) is 20.7. The zero-order valence-electron chi connectivity index (χ0n) is 17.2. The van der Waals surface area contributed by atoms with Crippen LogP contribution in [0.5, 0.6) is 0 Å². The third-order valence-electron chi connectivity index (χ3n) is 5.96. The maximum atomic E-state index is 2.36. The van der Waals surface area contributed by atoms with Gasteiger partial charge in [-0.2, -0.15) is 0 Å². The predicted molar refractivity (Wildman–Crippen MR) is 116 cm³/mol. The van der Waals surface area contributed by atoms with Crippen LogP contribution in [-0.2, 0) is 0 Å². The topological polar surface area (TPSA) is 0 Å². The molecule has 0 heteroatoms. The van der Waals surface area contributed by atoms with Gasteiger partial charge in [-0.3, -0.25) is 0 Å². The lowest BCUT2D eigenvalue weighted by Crippen LogP contribution is -2.30. The van der Waals surface area contributed by atoms with Crippen molar-refractivity contribution >= 4 is 0 Å². The van der Waals surface area contributed by atoms with Crippen molar-refractivity contribution in [3.05, 3.63) is 71.8 Å². The summed E-state index contributed by atoms with van der Waals surface area (Å²) >= 11 is 0. The average molecular weight is 351 g/mol. The van der Waals surface area contributed by atoms with Crippen LogP contribution in [0.3, 0.4) is 0 Å². The normalized spacial score (nSPS) is 11.8. The highest BCUT2D eigenvalue weighted by molar-refractivity contribution is 5.35. The van der Waals surface area contributed by atoms with Gasteiger partial charge in [-0.15, -0.1) is 0 Å². The summed E-state index contributed by atoms with van der Waals surface area (Å²) in [6.45, 7) is 7.01. The summed E-state index contributed by atoms with van der Waals surface area (Å²) in [6.07, 6.45) is 11.9. The molecule has 26 heavy (non-hydrogen) atoms. The molecule has 0 aliphatic carbocycles. The van der Waals surface area contributed by atoms with Crippen LogP contribution in [-0.4, -0.2) is 0 Å². The van der Waals surface area contributed by atoms with Crippen LogP contribution >= 0.6 is 0 Å². The molecule has 0 nitrogen and oxygen atoms in total. The van der Waals surface area contributed by atoms with E-state index in [1.165, 1.54) is 68.9 Å². The Hall–Kier alpha value is -1.56. The molecule has 0 saturated carbocycles. The summed E-state index contributed by atoms with van der Waals surface area (Å²) in [7, 11) is 0. The van der Waals surface area contributed by atoms with Crippen molar-refractivity contribution in [1.82, 2.24) is 0 Å². The first-order chi connectivity index (χ1) is 12.8. The van der Waals surface area contributed by atoms with Gasteiger partial charge >= 0.3 is 0 Å². The molecular weight excluding hydrogens is 312 g/mol. The minimum atomic E-state index is 0.380. The van der Waals surface area contributed by atoms with Gasteiger partial charge < -0.3 is 0 Å². The Balaban J connectivity index is 2.54. The van der Waals surface area contributed by atoms with Gasteiger partial charge in [0.1, 0.15) is 0 Å². The highest BCUT2D eigenvalue weighted by Gasteiger charge is 2.38. The van der Waals surface area contributed by atoms with Gasteiger partial charge in [-0.1, -0.05) is 120 Å². The van der Waals surface area contributed by atoms with Crippen molar-refractivity contribution in [2.75, 3.05) is 0 Å². The fourth-order valence-electron chi connectivity index (χ4n) is 4.59. The van der Waals surface area contributed by atoms with Crippen LogP contribution in [0.1, 0.15) is 95.6 Å². The Morgan fingerprint density at radius 2 is 0.923 bits per heavy atom. The predicted octanol–water partition coefficient (Wildman–Crippen LogP) is 8.38. The zero-order valence-corrected chi connectivity index (χ0v) is 17.2. The van der Waals surface area contributed by atoms with E-state index in [0.717, 1.165) is 0 Å². The highest BCUT2D eigenvalue weighted by atomic mass is 14.4. The first-order valence-corrected chi connectivity index (χ1v) is 10.9. The molecule has 142 valence electrons. The van der Waals surface area contributed by atoms with Crippen LogP contribution in [0.2, 0.25) is 0 Å². The number of hydrogen-bond acceptors (Lipinski definition) is 0. The minimum Gasteiger partial charge on any atom is -0.0654 e. The van der Waals surface area contributed by atoms with Crippen LogP contribution in [0.15, 0.2) is 60.7 Å². The molecule has 0 heterocycles. The molecule has 2 aromatic carbocycles. The van der Waals surface area contributed by atoms with E-state index >= 15 is 0 Å². The molecule has 0 aliphatic heterocycles. The lowest BCUT2D eigenvalue weighted by Gasteiger charge is -2.43. The van der Waals surface area contributed by atoms with E-state index in [4.69, 9.17) is 0 Å². The molecule has 0 aliphatic rings. The molecule has 0 bridgehead atoms. The standard InChI is InChI=1S/C26H38/c1-4-7-20-26(21-8-5-2,22-9-6-3)25(23-16-12-10-13-17-23)24-18-14-11-15-19-24/h10-19,25H,4-9,20-22H2,1-3H3. The summed E-state index contributed by atoms with van der Waals surface area (Å²) < 4.78 is 0. The van der Waals surface area contributed by atoms with E-state index in [9.17, 15) is 0 Å². The second kappa shape index (κ2) is 11.2. The van der Waals surface area contributed by atoms with Gasteiger partial charge in [0.2, 0.25) is 0 Å². The molecule has 2 aromatic rings. The minimum absolute atomic E-state index is 0.380. The number of hydrogen-bond donors (Lipinski definition) is 0. The summed E-state index contributed by atoms with van der Waals surface area (Å²) in [5, 5.41) is 0. The fraction of sp³-hybridized carbons (Fsp3) is 0.538. The molecule has 0 unspecified atom stereocenters. The molecular formula is C26H38. The summed E-state index contributed by atoms with van der Waals surface area (Å²) in [5.74, 6) is 0.509. The first-order valence-electron chi connectivity index (χ1n) is 10.9. The Bertz CT molecular complexity index is 523. The van der Waals surface area contributed by atoms with Gasteiger partial charge in [0.05, 0.1) is 0 Å².